The molecule has 1 aromatic rings. The molecule has 1 aliphatic heterocycles. The molecule has 0 amide bonds. The van der Waals surface area contributed by atoms with Gasteiger partial charge in [-0.25, -0.2) is 0 Å². The highest BCUT2D eigenvalue weighted by Crippen LogP contribution is 2.36. The fourth-order valence-electron chi connectivity index (χ4n) is 3.20. The minimum absolute atomic E-state index is 0.209. The molecule has 0 saturated carbocycles. The molecule has 0 spiro atoms. The minimum atomic E-state index is -0.676. The zero-order valence-corrected chi connectivity index (χ0v) is 14.0. The molecular weight excluding hydrogens is 302 g/mol. The number of carboxylic acid groups (broad SMARTS) is 1. The average Bonchev–Trinajstić information content (AvgIpc) is 2.51. The summed E-state index contributed by atoms with van der Waals surface area (Å²) in [6.45, 7) is 6.33. The standard InChI is InChI=1S/C17H24ClNO3/c1-3-15(19-9-7-12(8-10-19)17(20)21)14-11-13(18)5-6-16(14)22-4-2/h5-6,11-12,15H,3-4,7-10H2,1-2H3,(H,20,21). The minimum Gasteiger partial charge on any atom is -0.494 e. The van der Waals surface area contributed by atoms with Crippen molar-refractivity contribution >= 4 is 17.6 Å². The van der Waals surface area contributed by atoms with Crippen LogP contribution in [-0.4, -0.2) is 35.7 Å². The summed E-state index contributed by atoms with van der Waals surface area (Å²) in [5, 5.41) is 9.84. The molecule has 1 fully saturated rings. The van der Waals surface area contributed by atoms with E-state index in [1.807, 2.05) is 25.1 Å². The van der Waals surface area contributed by atoms with Gasteiger partial charge in [0.2, 0.25) is 0 Å². The summed E-state index contributed by atoms with van der Waals surface area (Å²) >= 11 is 6.17. The number of likely N-dealkylation sites (tertiary alicyclic amines) is 1. The van der Waals surface area contributed by atoms with Gasteiger partial charge in [-0.15, -0.1) is 0 Å². The molecule has 1 N–H and O–H groups in total. The van der Waals surface area contributed by atoms with E-state index in [0.717, 1.165) is 30.8 Å². The van der Waals surface area contributed by atoms with Gasteiger partial charge in [-0.05, 0) is 57.5 Å². The maximum absolute atomic E-state index is 11.1. The highest BCUT2D eigenvalue weighted by molar-refractivity contribution is 6.30. The summed E-state index contributed by atoms with van der Waals surface area (Å²) in [6, 6.07) is 5.96. The second-order valence-electron chi connectivity index (χ2n) is 5.69. The van der Waals surface area contributed by atoms with Crippen LogP contribution >= 0.6 is 11.6 Å². The maximum atomic E-state index is 11.1. The summed E-state index contributed by atoms with van der Waals surface area (Å²) < 4.78 is 5.75. The van der Waals surface area contributed by atoms with E-state index in [1.54, 1.807) is 0 Å². The van der Waals surface area contributed by atoms with Gasteiger partial charge in [-0.3, -0.25) is 9.69 Å². The Labute approximate surface area is 137 Å². The van der Waals surface area contributed by atoms with Crippen molar-refractivity contribution in [2.75, 3.05) is 19.7 Å². The van der Waals surface area contributed by atoms with Gasteiger partial charge in [0.1, 0.15) is 5.75 Å². The monoisotopic (exact) mass is 325 g/mol. The lowest BCUT2D eigenvalue weighted by atomic mass is 9.93. The fraction of sp³-hybridized carbons (Fsp3) is 0.588. The van der Waals surface area contributed by atoms with Crippen LogP contribution < -0.4 is 4.74 Å². The molecule has 1 saturated heterocycles. The van der Waals surface area contributed by atoms with Crippen molar-refractivity contribution in [2.45, 2.75) is 39.2 Å². The Hall–Kier alpha value is -1.26. The topological polar surface area (TPSA) is 49.8 Å². The van der Waals surface area contributed by atoms with Crippen molar-refractivity contribution < 1.29 is 14.6 Å². The van der Waals surface area contributed by atoms with Crippen molar-refractivity contribution in [2.24, 2.45) is 5.92 Å². The summed E-state index contributed by atoms with van der Waals surface area (Å²) in [5.41, 5.74) is 1.10. The Morgan fingerprint density at radius 2 is 2.09 bits per heavy atom. The summed E-state index contributed by atoms with van der Waals surface area (Å²) in [5.74, 6) is -0.0101. The van der Waals surface area contributed by atoms with Gasteiger partial charge in [-0.1, -0.05) is 18.5 Å². The second kappa shape index (κ2) is 7.84. The molecule has 0 radical (unpaired) electrons. The van der Waals surface area contributed by atoms with Gasteiger partial charge < -0.3 is 9.84 Å². The van der Waals surface area contributed by atoms with E-state index in [2.05, 4.69) is 11.8 Å². The van der Waals surface area contributed by atoms with Gasteiger partial charge in [0, 0.05) is 16.6 Å². The van der Waals surface area contributed by atoms with Crippen molar-refractivity contribution in [3.8, 4) is 5.75 Å². The SMILES string of the molecule is CCOc1ccc(Cl)cc1C(CC)N1CCC(C(=O)O)CC1. The molecular formula is C17H24ClNO3. The number of rotatable bonds is 6. The first-order valence-electron chi connectivity index (χ1n) is 7.95. The Morgan fingerprint density at radius 3 is 2.64 bits per heavy atom. The number of aliphatic carboxylic acids is 1. The predicted octanol–water partition coefficient (Wildman–Crippen LogP) is 3.99. The number of benzene rings is 1. The third kappa shape index (κ3) is 3.93. The fourth-order valence-corrected chi connectivity index (χ4v) is 3.38. The van der Waals surface area contributed by atoms with Crippen LogP contribution in [0.1, 0.15) is 44.7 Å². The number of carbonyl (C=O) groups is 1. The number of piperidine rings is 1. The third-order valence-electron chi connectivity index (χ3n) is 4.34. The Morgan fingerprint density at radius 1 is 1.41 bits per heavy atom. The largest absolute Gasteiger partial charge is 0.494 e. The van der Waals surface area contributed by atoms with Crippen LogP contribution in [0.3, 0.4) is 0 Å². The second-order valence-corrected chi connectivity index (χ2v) is 6.12. The predicted molar refractivity (Wildman–Crippen MR) is 87.6 cm³/mol. The molecule has 0 aromatic heterocycles. The van der Waals surface area contributed by atoms with Crippen LogP contribution in [0, 0.1) is 5.92 Å². The quantitative estimate of drug-likeness (QED) is 0.859. The Kier molecular flexibility index (Phi) is 6.09. The van der Waals surface area contributed by atoms with Crippen LogP contribution in [0.4, 0.5) is 0 Å². The Balaban J connectivity index is 2.18. The number of carboxylic acids is 1. The number of nitrogens with zero attached hydrogens (tertiary/aromatic N) is 1. The first kappa shape index (κ1) is 17.1. The van der Waals surface area contributed by atoms with Gasteiger partial charge in [-0.2, -0.15) is 0 Å². The first-order valence-corrected chi connectivity index (χ1v) is 8.33. The van der Waals surface area contributed by atoms with E-state index in [-0.39, 0.29) is 12.0 Å². The van der Waals surface area contributed by atoms with E-state index in [1.165, 1.54) is 0 Å². The van der Waals surface area contributed by atoms with E-state index >= 15 is 0 Å². The van der Waals surface area contributed by atoms with Gasteiger partial charge in [0.15, 0.2) is 0 Å². The van der Waals surface area contributed by atoms with Gasteiger partial charge >= 0.3 is 5.97 Å². The van der Waals surface area contributed by atoms with Crippen LogP contribution in [0.2, 0.25) is 5.02 Å². The van der Waals surface area contributed by atoms with Crippen LogP contribution in [-0.2, 0) is 4.79 Å². The molecule has 1 aromatic carbocycles. The molecule has 1 atom stereocenters. The van der Waals surface area contributed by atoms with Crippen molar-refractivity contribution in [3.05, 3.63) is 28.8 Å². The molecule has 1 aliphatic rings. The molecule has 1 heterocycles. The molecule has 2 rings (SSSR count). The summed E-state index contributed by atoms with van der Waals surface area (Å²) in [4.78, 5) is 13.5. The maximum Gasteiger partial charge on any atom is 0.306 e. The van der Waals surface area contributed by atoms with Crippen LogP contribution in [0.5, 0.6) is 5.75 Å². The lowest BCUT2D eigenvalue weighted by Crippen LogP contribution is -2.38. The molecule has 4 nitrogen and oxygen atoms in total. The third-order valence-corrected chi connectivity index (χ3v) is 4.57. The molecule has 5 heteroatoms. The summed E-state index contributed by atoms with van der Waals surface area (Å²) in [7, 11) is 0. The highest BCUT2D eigenvalue weighted by atomic mass is 35.5. The molecule has 0 aliphatic carbocycles. The lowest BCUT2D eigenvalue weighted by molar-refractivity contribution is -0.143. The lowest BCUT2D eigenvalue weighted by Gasteiger charge is -2.37. The van der Waals surface area contributed by atoms with Gasteiger partial charge in [0.25, 0.3) is 0 Å². The normalized spacial score (nSPS) is 18.1. The van der Waals surface area contributed by atoms with E-state index in [4.69, 9.17) is 21.4 Å². The molecule has 0 bridgehead atoms. The van der Waals surface area contributed by atoms with Crippen molar-refractivity contribution in [1.82, 2.24) is 4.90 Å². The first-order chi connectivity index (χ1) is 10.6. The molecule has 1 unspecified atom stereocenters. The Bertz CT molecular complexity index is 513. The number of halogens is 1. The number of hydrogen-bond acceptors (Lipinski definition) is 3. The number of hydrogen-bond donors (Lipinski definition) is 1. The summed E-state index contributed by atoms with van der Waals surface area (Å²) in [6.07, 6.45) is 2.35. The van der Waals surface area contributed by atoms with Crippen LogP contribution in [0.15, 0.2) is 18.2 Å². The highest BCUT2D eigenvalue weighted by Gasteiger charge is 2.29. The van der Waals surface area contributed by atoms with Crippen molar-refractivity contribution in [1.29, 1.82) is 0 Å². The van der Waals surface area contributed by atoms with E-state index in [9.17, 15) is 4.79 Å². The number of ether oxygens (including phenoxy) is 1. The van der Waals surface area contributed by atoms with Crippen LogP contribution in [0.25, 0.3) is 0 Å². The zero-order chi connectivity index (χ0) is 16.1. The van der Waals surface area contributed by atoms with Gasteiger partial charge in [0.05, 0.1) is 12.5 Å². The smallest absolute Gasteiger partial charge is 0.306 e. The van der Waals surface area contributed by atoms with Crippen molar-refractivity contribution in [3.63, 3.8) is 0 Å². The average molecular weight is 326 g/mol. The van der Waals surface area contributed by atoms with E-state index < -0.39 is 5.97 Å². The molecule has 22 heavy (non-hydrogen) atoms. The zero-order valence-electron chi connectivity index (χ0n) is 13.2. The van der Waals surface area contributed by atoms with E-state index in [0.29, 0.717) is 24.5 Å². The molecule has 122 valence electrons.